The maximum absolute atomic E-state index is 11.6. The third-order valence-corrected chi connectivity index (χ3v) is 4.37. The fourth-order valence-corrected chi connectivity index (χ4v) is 2.81. The van der Waals surface area contributed by atoms with Crippen LogP contribution in [-0.4, -0.2) is 12.6 Å². The third kappa shape index (κ3) is 19.3. The highest BCUT2D eigenvalue weighted by molar-refractivity contribution is 5.69. The highest BCUT2D eigenvalue weighted by atomic mass is 16.5. The van der Waals surface area contributed by atoms with Gasteiger partial charge in [0.15, 0.2) is 0 Å². The lowest BCUT2D eigenvalue weighted by molar-refractivity contribution is -0.143. The Morgan fingerprint density at radius 2 is 1.38 bits per heavy atom. The Bertz CT molecular complexity index is 302. The van der Waals surface area contributed by atoms with Gasteiger partial charge >= 0.3 is 5.97 Å². The number of carbonyl (C=O) groups excluding carboxylic acids is 1. The summed E-state index contributed by atoms with van der Waals surface area (Å²) < 4.78 is 5.30. The zero-order chi connectivity index (χ0) is 18.1. The van der Waals surface area contributed by atoms with Crippen molar-refractivity contribution in [2.45, 2.75) is 111 Å². The van der Waals surface area contributed by atoms with Crippen LogP contribution in [0.5, 0.6) is 0 Å². The maximum Gasteiger partial charge on any atom is 0.305 e. The molecule has 0 aromatic rings. The molecule has 142 valence electrons. The maximum atomic E-state index is 11.6. The van der Waals surface area contributed by atoms with Crippen molar-refractivity contribution in [1.29, 1.82) is 0 Å². The van der Waals surface area contributed by atoms with Gasteiger partial charge in [0.2, 0.25) is 0 Å². The first-order chi connectivity index (χ1) is 11.5. The molecule has 0 aliphatic carbocycles. The molecule has 0 aliphatic rings. The molecule has 0 atom stereocenters. The lowest BCUT2D eigenvalue weighted by atomic mass is 9.89. The van der Waals surface area contributed by atoms with Gasteiger partial charge in [0.1, 0.15) is 0 Å². The summed E-state index contributed by atoms with van der Waals surface area (Å²) in [5, 5.41) is 0. The Labute approximate surface area is 151 Å². The Kier molecular flexibility index (Phi) is 15.2. The van der Waals surface area contributed by atoms with Gasteiger partial charge in [0.05, 0.1) is 6.61 Å². The van der Waals surface area contributed by atoms with E-state index in [0.29, 0.717) is 18.4 Å². The van der Waals surface area contributed by atoms with Crippen LogP contribution in [0.4, 0.5) is 0 Å². The molecule has 0 aliphatic heterocycles. The molecule has 2 nitrogen and oxygen atoms in total. The van der Waals surface area contributed by atoms with Crippen LogP contribution in [0, 0.1) is 5.41 Å². The van der Waals surface area contributed by atoms with Crippen molar-refractivity contribution in [2.75, 3.05) is 6.61 Å². The van der Waals surface area contributed by atoms with Crippen molar-refractivity contribution < 1.29 is 9.53 Å². The molecular formula is C22H42O2. The van der Waals surface area contributed by atoms with Gasteiger partial charge < -0.3 is 4.74 Å². The number of hydrogen-bond acceptors (Lipinski definition) is 2. The zero-order valence-corrected chi connectivity index (χ0v) is 16.7. The van der Waals surface area contributed by atoms with Gasteiger partial charge in [-0.1, -0.05) is 78.2 Å². The molecule has 0 spiro atoms. The van der Waals surface area contributed by atoms with E-state index in [0.717, 1.165) is 25.7 Å². The van der Waals surface area contributed by atoms with Gasteiger partial charge in [-0.15, -0.1) is 6.58 Å². The van der Waals surface area contributed by atoms with Gasteiger partial charge in [-0.3, -0.25) is 4.79 Å². The number of allylic oxidation sites excluding steroid dienone is 1. The molecule has 0 N–H and O–H groups in total. The molecule has 0 bridgehead atoms. The molecule has 0 amide bonds. The van der Waals surface area contributed by atoms with E-state index >= 15 is 0 Å². The lowest BCUT2D eigenvalue weighted by Gasteiger charge is -2.17. The summed E-state index contributed by atoms with van der Waals surface area (Å²) in [6, 6.07) is 0. The predicted molar refractivity (Wildman–Crippen MR) is 105 cm³/mol. The van der Waals surface area contributed by atoms with Gasteiger partial charge in [-0.25, -0.2) is 0 Å². The van der Waals surface area contributed by atoms with Crippen LogP contribution < -0.4 is 0 Å². The molecule has 0 fully saturated rings. The minimum Gasteiger partial charge on any atom is -0.466 e. The number of esters is 1. The van der Waals surface area contributed by atoms with Gasteiger partial charge in [0.25, 0.3) is 0 Å². The first-order valence-electron chi connectivity index (χ1n) is 10.2. The van der Waals surface area contributed by atoms with Gasteiger partial charge in [-0.2, -0.15) is 0 Å². The second-order valence-corrected chi connectivity index (χ2v) is 8.25. The normalized spacial score (nSPS) is 11.5. The number of rotatable bonds is 16. The minimum absolute atomic E-state index is 0.00519. The second-order valence-electron chi connectivity index (χ2n) is 8.25. The van der Waals surface area contributed by atoms with E-state index in [1.54, 1.807) is 0 Å². The van der Waals surface area contributed by atoms with Crippen molar-refractivity contribution in [1.82, 2.24) is 0 Å². The van der Waals surface area contributed by atoms with Crippen LogP contribution in [-0.2, 0) is 9.53 Å². The standard InChI is InChI=1S/C22H42O2/c1-5-6-7-8-11-14-17-20-24-21(23)18-15-12-9-10-13-16-19-22(2,3)4/h5H,1,6-20H2,2-4H3. The minimum atomic E-state index is -0.00519. The van der Waals surface area contributed by atoms with E-state index in [4.69, 9.17) is 4.74 Å². The number of unbranched alkanes of at least 4 members (excludes halogenated alkanes) is 10. The van der Waals surface area contributed by atoms with Crippen LogP contribution in [0.1, 0.15) is 111 Å². The predicted octanol–water partition coefficient (Wildman–Crippen LogP) is 7.22. The monoisotopic (exact) mass is 338 g/mol. The largest absolute Gasteiger partial charge is 0.466 e. The van der Waals surface area contributed by atoms with Crippen molar-refractivity contribution in [3.63, 3.8) is 0 Å². The third-order valence-electron chi connectivity index (χ3n) is 4.37. The summed E-state index contributed by atoms with van der Waals surface area (Å²) in [6.45, 7) is 11.3. The molecule has 0 radical (unpaired) electrons. The van der Waals surface area contributed by atoms with Crippen LogP contribution in [0.15, 0.2) is 12.7 Å². The van der Waals surface area contributed by atoms with Crippen LogP contribution in [0.25, 0.3) is 0 Å². The number of carbonyl (C=O) groups is 1. The smallest absolute Gasteiger partial charge is 0.305 e. The second kappa shape index (κ2) is 15.7. The van der Waals surface area contributed by atoms with Crippen LogP contribution >= 0.6 is 0 Å². The fourth-order valence-electron chi connectivity index (χ4n) is 2.81. The number of ether oxygens (including phenoxy) is 1. The van der Waals surface area contributed by atoms with E-state index in [-0.39, 0.29) is 5.97 Å². The Balaban J connectivity index is 3.22. The SMILES string of the molecule is C=CCCCCCCCOC(=O)CCCCCCCCC(C)(C)C. The van der Waals surface area contributed by atoms with E-state index in [2.05, 4.69) is 27.4 Å². The summed E-state index contributed by atoms with van der Waals surface area (Å²) in [5.41, 5.74) is 0.468. The molecule has 0 saturated carbocycles. The first kappa shape index (κ1) is 23.2. The fraction of sp³-hybridized carbons (Fsp3) is 0.864. The zero-order valence-electron chi connectivity index (χ0n) is 16.7. The van der Waals surface area contributed by atoms with Gasteiger partial charge in [-0.05, 0) is 37.5 Å². The average Bonchev–Trinajstić information content (AvgIpc) is 2.51. The number of hydrogen-bond donors (Lipinski definition) is 0. The summed E-state index contributed by atoms with van der Waals surface area (Å²) in [7, 11) is 0. The van der Waals surface area contributed by atoms with Crippen molar-refractivity contribution in [3.8, 4) is 0 Å². The molecule has 0 saturated heterocycles. The molecule has 2 heteroatoms. The highest BCUT2D eigenvalue weighted by Gasteiger charge is 2.08. The highest BCUT2D eigenvalue weighted by Crippen LogP contribution is 2.22. The Morgan fingerprint density at radius 1 is 0.833 bits per heavy atom. The molecule has 0 aromatic heterocycles. The topological polar surface area (TPSA) is 26.3 Å². The Morgan fingerprint density at radius 3 is 2.00 bits per heavy atom. The van der Waals surface area contributed by atoms with Crippen LogP contribution in [0.2, 0.25) is 0 Å². The molecular weight excluding hydrogens is 296 g/mol. The molecule has 0 aromatic carbocycles. The molecule has 0 heterocycles. The summed E-state index contributed by atoms with van der Waals surface area (Å²) >= 11 is 0. The summed E-state index contributed by atoms with van der Waals surface area (Å²) in [6.07, 6.45) is 18.3. The summed E-state index contributed by atoms with van der Waals surface area (Å²) in [4.78, 5) is 11.6. The van der Waals surface area contributed by atoms with Crippen molar-refractivity contribution >= 4 is 5.97 Å². The average molecular weight is 339 g/mol. The van der Waals surface area contributed by atoms with Crippen LogP contribution in [0.3, 0.4) is 0 Å². The van der Waals surface area contributed by atoms with E-state index in [9.17, 15) is 4.79 Å². The van der Waals surface area contributed by atoms with Crippen molar-refractivity contribution in [2.24, 2.45) is 5.41 Å². The lowest BCUT2D eigenvalue weighted by Crippen LogP contribution is -2.05. The van der Waals surface area contributed by atoms with Gasteiger partial charge in [0, 0.05) is 6.42 Å². The molecule has 0 unspecified atom stereocenters. The van der Waals surface area contributed by atoms with E-state index in [1.807, 2.05) is 6.08 Å². The summed E-state index contributed by atoms with van der Waals surface area (Å²) in [5.74, 6) is -0.00519. The van der Waals surface area contributed by atoms with E-state index < -0.39 is 0 Å². The Hall–Kier alpha value is -0.790. The quantitative estimate of drug-likeness (QED) is 0.169. The molecule has 0 rings (SSSR count). The van der Waals surface area contributed by atoms with E-state index in [1.165, 1.54) is 57.8 Å². The van der Waals surface area contributed by atoms with Crippen molar-refractivity contribution in [3.05, 3.63) is 12.7 Å². The molecule has 24 heavy (non-hydrogen) atoms. The first-order valence-corrected chi connectivity index (χ1v) is 10.2.